The highest BCUT2D eigenvalue weighted by atomic mass is 16.5. The van der Waals surface area contributed by atoms with Crippen molar-refractivity contribution in [1.29, 1.82) is 0 Å². The summed E-state index contributed by atoms with van der Waals surface area (Å²) in [6.07, 6.45) is 0.291. The standard InChI is InChI=1S/C24H22O5/c1-29-15-11-8-14(9-12-15)10-13-20(27)21-16-4-2-6-18(25)22(16)24(28)23-17(21)5-3-7-19(23)26/h2-9,11-12,20-21,25-27H,10,13H2,1H3. The largest absolute Gasteiger partial charge is 0.507 e. The van der Waals surface area contributed by atoms with Crippen molar-refractivity contribution >= 4 is 5.78 Å². The zero-order chi connectivity index (χ0) is 20.5. The molecule has 0 aliphatic heterocycles. The molecule has 1 atom stereocenters. The van der Waals surface area contributed by atoms with Gasteiger partial charge in [-0.05, 0) is 53.8 Å². The Hall–Kier alpha value is -3.31. The van der Waals surface area contributed by atoms with E-state index in [0.29, 0.717) is 24.0 Å². The molecule has 1 aliphatic rings. The minimum atomic E-state index is -0.800. The van der Waals surface area contributed by atoms with E-state index in [0.717, 1.165) is 11.3 Å². The average Bonchev–Trinajstić information content (AvgIpc) is 2.72. The summed E-state index contributed by atoms with van der Waals surface area (Å²) in [4.78, 5) is 12.9. The van der Waals surface area contributed by atoms with Crippen molar-refractivity contribution in [3.63, 3.8) is 0 Å². The first kappa shape index (κ1) is 19.0. The molecular weight excluding hydrogens is 368 g/mol. The summed E-state index contributed by atoms with van der Waals surface area (Å²) in [6.45, 7) is 0. The van der Waals surface area contributed by atoms with E-state index >= 15 is 0 Å². The van der Waals surface area contributed by atoms with Crippen LogP contribution in [-0.4, -0.2) is 34.3 Å². The molecule has 4 rings (SSSR count). The number of phenolic OH excluding ortho intramolecular Hbond substituents is 2. The number of methoxy groups -OCH3 is 1. The minimum Gasteiger partial charge on any atom is -0.507 e. The Morgan fingerprint density at radius 2 is 1.45 bits per heavy atom. The van der Waals surface area contributed by atoms with Crippen LogP contribution in [0.15, 0.2) is 60.7 Å². The second kappa shape index (κ2) is 7.60. The molecule has 0 spiro atoms. The van der Waals surface area contributed by atoms with Crippen LogP contribution in [0.3, 0.4) is 0 Å². The lowest BCUT2D eigenvalue weighted by molar-refractivity contribution is 0.101. The summed E-state index contributed by atoms with van der Waals surface area (Å²) in [5, 5.41) is 31.7. The molecule has 0 heterocycles. The van der Waals surface area contributed by atoms with Gasteiger partial charge in [-0.15, -0.1) is 0 Å². The van der Waals surface area contributed by atoms with E-state index in [4.69, 9.17) is 4.74 Å². The van der Waals surface area contributed by atoms with Gasteiger partial charge in [-0.1, -0.05) is 36.4 Å². The third-order valence-corrected chi connectivity index (χ3v) is 5.55. The number of benzene rings is 3. The number of ether oxygens (including phenoxy) is 1. The zero-order valence-corrected chi connectivity index (χ0v) is 16.0. The van der Waals surface area contributed by atoms with Gasteiger partial charge in [0.05, 0.1) is 24.3 Å². The van der Waals surface area contributed by atoms with E-state index in [2.05, 4.69) is 0 Å². The Bertz CT molecular complexity index is 1000. The number of ketones is 1. The maximum Gasteiger partial charge on any atom is 0.201 e. The maximum atomic E-state index is 12.9. The first-order chi connectivity index (χ1) is 14.0. The summed E-state index contributed by atoms with van der Waals surface area (Å²) in [7, 11) is 1.61. The Morgan fingerprint density at radius 3 is 1.97 bits per heavy atom. The number of hydrogen-bond donors (Lipinski definition) is 3. The van der Waals surface area contributed by atoms with Crippen LogP contribution in [-0.2, 0) is 6.42 Å². The lowest BCUT2D eigenvalue weighted by Crippen LogP contribution is -2.28. The number of carbonyl (C=O) groups is 1. The molecule has 3 aromatic carbocycles. The summed E-state index contributed by atoms with van der Waals surface area (Å²) >= 11 is 0. The highest BCUT2D eigenvalue weighted by molar-refractivity contribution is 6.15. The van der Waals surface area contributed by atoms with Crippen molar-refractivity contribution in [2.24, 2.45) is 0 Å². The molecule has 0 saturated carbocycles. The van der Waals surface area contributed by atoms with Crippen molar-refractivity contribution in [2.75, 3.05) is 7.11 Å². The smallest absolute Gasteiger partial charge is 0.201 e. The van der Waals surface area contributed by atoms with Gasteiger partial charge in [-0.2, -0.15) is 0 Å². The van der Waals surface area contributed by atoms with Crippen molar-refractivity contribution < 1.29 is 24.9 Å². The Kier molecular flexibility index (Phi) is 4.99. The third-order valence-electron chi connectivity index (χ3n) is 5.55. The second-order valence-electron chi connectivity index (χ2n) is 7.24. The number of aliphatic hydroxyl groups is 1. The monoisotopic (exact) mass is 390 g/mol. The Morgan fingerprint density at radius 1 is 0.897 bits per heavy atom. The fraction of sp³-hybridized carbons (Fsp3) is 0.208. The molecule has 148 valence electrons. The van der Waals surface area contributed by atoms with Crippen LogP contribution in [0.25, 0.3) is 0 Å². The normalized spacial score (nSPS) is 14.2. The van der Waals surface area contributed by atoms with Crippen molar-refractivity contribution in [3.05, 3.63) is 88.5 Å². The highest BCUT2D eigenvalue weighted by Crippen LogP contribution is 2.44. The molecule has 5 nitrogen and oxygen atoms in total. The van der Waals surface area contributed by atoms with Crippen molar-refractivity contribution in [3.8, 4) is 17.2 Å². The van der Waals surface area contributed by atoms with Crippen molar-refractivity contribution in [1.82, 2.24) is 0 Å². The Labute approximate surface area is 168 Å². The van der Waals surface area contributed by atoms with Gasteiger partial charge in [0.15, 0.2) is 0 Å². The number of rotatable bonds is 5. The Balaban J connectivity index is 1.69. The summed E-state index contributed by atoms with van der Waals surface area (Å²) < 4.78 is 5.17. The molecule has 0 bridgehead atoms. The van der Waals surface area contributed by atoms with Crippen LogP contribution in [0.4, 0.5) is 0 Å². The number of fused-ring (bicyclic) bond motifs is 2. The topological polar surface area (TPSA) is 87.0 Å². The number of hydrogen-bond acceptors (Lipinski definition) is 5. The summed E-state index contributed by atoms with van der Waals surface area (Å²) in [5.74, 6) is -0.462. The summed E-state index contributed by atoms with van der Waals surface area (Å²) in [6, 6.07) is 17.4. The molecule has 5 heteroatoms. The van der Waals surface area contributed by atoms with Gasteiger partial charge in [0.1, 0.15) is 17.2 Å². The first-order valence-electron chi connectivity index (χ1n) is 9.50. The highest BCUT2D eigenvalue weighted by Gasteiger charge is 2.38. The molecule has 1 unspecified atom stereocenters. The molecule has 0 aromatic heterocycles. The van der Waals surface area contributed by atoms with Gasteiger partial charge in [0, 0.05) is 5.92 Å². The molecule has 3 aromatic rings. The van der Waals surface area contributed by atoms with Gasteiger partial charge in [0.2, 0.25) is 5.78 Å². The van der Waals surface area contributed by atoms with E-state index in [1.807, 2.05) is 24.3 Å². The zero-order valence-electron chi connectivity index (χ0n) is 16.0. The SMILES string of the molecule is COc1ccc(CCC(O)C2c3cccc(O)c3C(=O)c3c(O)cccc32)cc1. The number of phenols is 2. The van der Waals surface area contributed by atoms with Crippen LogP contribution in [0, 0.1) is 0 Å². The average molecular weight is 390 g/mol. The van der Waals surface area contributed by atoms with Gasteiger partial charge >= 0.3 is 0 Å². The minimum absolute atomic E-state index is 0.145. The first-order valence-corrected chi connectivity index (χ1v) is 9.50. The molecule has 0 amide bonds. The third kappa shape index (κ3) is 3.34. The molecule has 3 N–H and O–H groups in total. The van der Waals surface area contributed by atoms with E-state index in [9.17, 15) is 20.1 Å². The van der Waals surface area contributed by atoms with Crippen molar-refractivity contribution in [2.45, 2.75) is 24.9 Å². The van der Waals surface area contributed by atoms with Crippen LogP contribution in [0.5, 0.6) is 17.2 Å². The quantitative estimate of drug-likeness (QED) is 0.617. The number of carbonyl (C=O) groups excluding carboxylic acids is 1. The van der Waals surface area contributed by atoms with Crippen LogP contribution in [0.1, 0.15) is 45.0 Å². The molecule has 0 fully saturated rings. The number of aromatic hydroxyl groups is 2. The fourth-order valence-corrected chi connectivity index (χ4v) is 4.11. The van der Waals surface area contributed by atoms with Gasteiger partial charge in [0.25, 0.3) is 0 Å². The number of aliphatic hydroxyl groups excluding tert-OH is 1. The molecule has 29 heavy (non-hydrogen) atoms. The lowest BCUT2D eigenvalue weighted by atomic mass is 9.73. The lowest BCUT2D eigenvalue weighted by Gasteiger charge is -2.31. The van der Waals surface area contributed by atoms with Gasteiger partial charge in [-0.3, -0.25) is 4.79 Å². The second-order valence-corrected chi connectivity index (χ2v) is 7.24. The molecular formula is C24H22O5. The van der Waals surface area contributed by atoms with E-state index < -0.39 is 17.8 Å². The maximum absolute atomic E-state index is 12.9. The summed E-state index contributed by atoms with van der Waals surface area (Å²) in [5.41, 5.74) is 2.51. The predicted molar refractivity (Wildman–Crippen MR) is 109 cm³/mol. The number of aryl methyl sites for hydroxylation is 1. The predicted octanol–water partition coefficient (Wildman–Crippen LogP) is 3.78. The van der Waals surface area contributed by atoms with Gasteiger partial charge < -0.3 is 20.1 Å². The fourth-order valence-electron chi connectivity index (χ4n) is 4.11. The molecule has 1 aliphatic carbocycles. The molecule has 0 saturated heterocycles. The van der Waals surface area contributed by atoms with Crippen LogP contribution < -0.4 is 4.74 Å². The van der Waals surface area contributed by atoms with Gasteiger partial charge in [-0.25, -0.2) is 0 Å². The molecule has 0 radical (unpaired) electrons. The van der Waals surface area contributed by atoms with Crippen LogP contribution >= 0.6 is 0 Å². The van der Waals surface area contributed by atoms with E-state index in [1.54, 1.807) is 31.4 Å². The van der Waals surface area contributed by atoms with Crippen LogP contribution in [0.2, 0.25) is 0 Å². The van der Waals surface area contributed by atoms with E-state index in [-0.39, 0.29) is 22.6 Å². The van der Waals surface area contributed by atoms with E-state index in [1.165, 1.54) is 12.1 Å².